The van der Waals surface area contributed by atoms with Gasteiger partial charge in [0.2, 0.25) is 0 Å². The summed E-state index contributed by atoms with van der Waals surface area (Å²) in [6, 6.07) is 13.0. The Hall–Kier alpha value is -4.22. The Balaban J connectivity index is 1.98. The van der Waals surface area contributed by atoms with E-state index in [0.717, 1.165) is 6.07 Å². The number of carbonyl (C=O) groups excluding carboxylic acids is 2. The topological polar surface area (TPSA) is 137 Å². The zero-order valence-electron chi connectivity index (χ0n) is 20.4. The molecule has 1 amide bonds. The number of furan rings is 1. The summed E-state index contributed by atoms with van der Waals surface area (Å²) >= 11 is 5.95. The van der Waals surface area contributed by atoms with Gasteiger partial charge in [0.05, 0.1) is 22.1 Å². The second-order valence-corrected chi connectivity index (χ2v) is 10.4. The van der Waals surface area contributed by atoms with Gasteiger partial charge in [-0.1, -0.05) is 17.7 Å². The van der Waals surface area contributed by atoms with E-state index in [0.29, 0.717) is 9.33 Å². The summed E-state index contributed by atoms with van der Waals surface area (Å²) in [6.07, 6.45) is 0. The average molecular weight is 557 g/mol. The molecular weight excluding hydrogens is 536 g/mol. The fourth-order valence-electron chi connectivity index (χ4n) is 3.94. The quantitative estimate of drug-likeness (QED) is 0.158. The number of nitro groups is 1. The summed E-state index contributed by atoms with van der Waals surface area (Å²) in [4.78, 5) is 36.6. The minimum absolute atomic E-state index is 0.00449. The Morgan fingerprint density at radius 2 is 1.74 bits per heavy atom. The fraction of sp³-hybridized carbons (Fsp3) is 0.154. The molecule has 0 aliphatic heterocycles. The van der Waals surface area contributed by atoms with E-state index < -0.39 is 37.4 Å². The highest BCUT2D eigenvalue weighted by molar-refractivity contribution is 7.93. The van der Waals surface area contributed by atoms with Crippen molar-refractivity contribution in [2.24, 2.45) is 0 Å². The molecule has 4 aromatic rings. The van der Waals surface area contributed by atoms with Gasteiger partial charge >= 0.3 is 5.97 Å². The maximum atomic E-state index is 14.0. The van der Waals surface area contributed by atoms with Crippen molar-refractivity contribution in [1.29, 1.82) is 0 Å². The number of benzene rings is 3. The number of non-ortho nitro benzene ring substituents is 1. The largest absolute Gasteiger partial charge is 0.462 e. The van der Waals surface area contributed by atoms with Crippen LogP contribution in [0.4, 0.5) is 11.4 Å². The molecule has 1 aromatic heterocycles. The van der Waals surface area contributed by atoms with Crippen LogP contribution < -0.4 is 4.31 Å². The normalized spacial score (nSPS) is 11.4. The first kappa shape index (κ1) is 26.8. The van der Waals surface area contributed by atoms with Gasteiger partial charge in [0.15, 0.2) is 0 Å². The van der Waals surface area contributed by atoms with Crippen LogP contribution in [0.3, 0.4) is 0 Å². The predicted octanol–water partition coefficient (Wildman–Crippen LogP) is 5.82. The molecule has 0 unspecified atom stereocenters. The molecule has 10 nitrogen and oxygen atoms in total. The monoisotopic (exact) mass is 556 g/mol. The number of ether oxygens (including phenoxy) is 1. The Kier molecular flexibility index (Phi) is 7.25. The van der Waals surface area contributed by atoms with Gasteiger partial charge in [0.25, 0.3) is 21.6 Å². The highest BCUT2D eigenvalue weighted by atomic mass is 35.5. The number of rotatable bonds is 7. The van der Waals surface area contributed by atoms with Crippen LogP contribution in [0.25, 0.3) is 11.0 Å². The molecule has 0 N–H and O–H groups in total. The van der Waals surface area contributed by atoms with E-state index in [-0.39, 0.29) is 45.7 Å². The van der Waals surface area contributed by atoms with E-state index in [1.165, 1.54) is 61.5 Å². The Bertz CT molecular complexity index is 1690. The lowest BCUT2D eigenvalue weighted by Crippen LogP contribution is -2.37. The minimum Gasteiger partial charge on any atom is -0.462 e. The van der Waals surface area contributed by atoms with Crippen LogP contribution in [-0.2, 0) is 14.8 Å². The van der Waals surface area contributed by atoms with Gasteiger partial charge in [-0.3, -0.25) is 14.9 Å². The number of hydrogen-bond acceptors (Lipinski definition) is 8. The number of nitrogens with zero attached hydrogens (tertiary/aromatic N) is 2. The number of anilines is 1. The van der Waals surface area contributed by atoms with Gasteiger partial charge in [0, 0.05) is 28.1 Å². The lowest BCUT2D eigenvalue weighted by atomic mass is 10.1. The molecule has 0 saturated carbocycles. The summed E-state index contributed by atoms with van der Waals surface area (Å²) in [7, 11) is -4.70. The molecular formula is C26H21ClN2O8S. The number of nitro benzene ring substituents is 1. The molecule has 38 heavy (non-hydrogen) atoms. The van der Waals surface area contributed by atoms with Crippen LogP contribution in [0, 0.1) is 24.0 Å². The summed E-state index contributed by atoms with van der Waals surface area (Å²) in [5.74, 6) is -1.36. The van der Waals surface area contributed by atoms with E-state index in [4.69, 9.17) is 20.8 Å². The molecule has 4 rings (SSSR count). The SMILES string of the molecule is CCOC(=O)c1c(C)oc2ccc(N(C(=O)c3ccc(Cl)cc3)S(=O)(=O)c3cc([N+](=O)[O-])ccc3C)cc12. The van der Waals surface area contributed by atoms with Crippen LogP contribution in [0.5, 0.6) is 0 Å². The minimum atomic E-state index is -4.70. The molecule has 196 valence electrons. The Labute approximate surface area is 222 Å². The molecule has 0 bridgehead atoms. The van der Waals surface area contributed by atoms with Gasteiger partial charge in [-0.2, -0.15) is 4.31 Å². The van der Waals surface area contributed by atoms with Crippen LogP contribution in [-0.4, -0.2) is 31.8 Å². The van der Waals surface area contributed by atoms with Gasteiger partial charge < -0.3 is 9.15 Å². The third-order valence-corrected chi connectivity index (χ3v) is 7.84. The van der Waals surface area contributed by atoms with Crippen molar-refractivity contribution in [3.8, 4) is 0 Å². The Morgan fingerprint density at radius 1 is 1.05 bits per heavy atom. The lowest BCUT2D eigenvalue weighted by Gasteiger charge is -2.24. The van der Waals surface area contributed by atoms with Crippen molar-refractivity contribution < 1.29 is 32.1 Å². The van der Waals surface area contributed by atoms with Crippen LogP contribution in [0.15, 0.2) is 70.0 Å². The third-order valence-electron chi connectivity index (χ3n) is 5.74. The van der Waals surface area contributed by atoms with E-state index in [1.807, 2.05) is 0 Å². The van der Waals surface area contributed by atoms with E-state index >= 15 is 0 Å². The molecule has 1 heterocycles. The molecule has 12 heteroatoms. The molecule has 0 aliphatic carbocycles. The number of aryl methyl sites for hydroxylation is 2. The zero-order chi connectivity index (χ0) is 27.8. The standard InChI is InChI=1S/C26H21ClN2O8S/c1-4-36-26(31)24-16(3)37-22-12-11-19(13-21(22)24)28(25(30)17-6-8-18(27)9-7-17)38(34,35)23-14-20(29(32)33)10-5-15(23)2/h5-14H,4H2,1-3H3. The van der Waals surface area contributed by atoms with Crippen LogP contribution in [0.2, 0.25) is 5.02 Å². The smallest absolute Gasteiger partial charge is 0.342 e. The number of hydrogen-bond donors (Lipinski definition) is 0. The van der Waals surface area contributed by atoms with Crippen molar-refractivity contribution in [3.63, 3.8) is 0 Å². The summed E-state index contributed by atoms with van der Waals surface area (Å²) in [5.41, 5.74) is -0.0241. The molecule has 0 aliphatic rings. The number of amides is 1. The highest BCUT2D eigenvalue weighted by Gasteiger charge is 2.35. The third kappa shape index (κ3) is 4.85. The Morgan fingerprint density at radius 3 is 2.37 bits per heavy atom. The molecule has 0 fully saturated rings. The van der Waals surface area contributed by atoms with Crippen molar-refractivity contribution in [2.75, 3.05) is 10.9 Å². The molecule has 0 atom stereocenters. The van der Waals surface area contributed by atoms with Crippen molar-refractivity contribution >= 4 is 55.8 Å². The highest BCUT2D eigenvalue weighted by Crippen LogP contribution is 2.35. The second-order valence-electron chi connectivity index (χ2n) is 8.22. The van der Waals surface area contributed by atoms with E-state index in [2.05, 4.69) is 0 Å². The predicted molar refractivity (Wildman–Crippen MR) is 140 cm³/mol. The summed E-state index contributed by atoms with van der Waals surface area (Å²) in [6.45, 7) is 4.77. The zero-order valence-corrected chi connectivity index (χ0v) is 22.0. The van der Waals surface area contributed by atoms with Gasteiger partial charge in [-0.05, 0) is 68.8 Å². The summed E-state index contributed by atoms with van der Waals surface area (Å²) < 4.78 is 39.3. The van der Waals surface area contributed by atoms with Crippen LogP contribution in [0.1, 0.15) is 39.0 Å². The van der Waals surface area contributed by atoms with E-state index in [9.17, 15) is 28.1 Å². The molecule has 0 radical (unpaired) electrons. The molecule has 0 spiro atoms. The van der Waals surface area contributed by atoms with Crippen LogP contribution >= 0.6 is 11.6 Å². The first-order valence-corrected chi connectivity index (χ1v) is 13.1. The summed E-state index contributed by atoms with van der Waals surface area (Å²) in [5, 5.41) is 12.0. The number of carbonyl (C=O) groups is 2. The molecule has 0 saturated heterocycles. The number of fused-ring (bicyclic) bond motifs is 1. The first-order valence-electron chi connectivity index (χ1n) is 11.3. The maximum Gasteiger partial charge on any atom is 0.342 e. The number of sulfonamides is 1. The number of esters is 1. The van der Waals surface area contributed by atoms with Crippen molar-refractivity contribution in [1.82, 2.24) is 0 Å². The maximum absolute atomic E-state index is 14.0. The van der Waals surface area contributed by atoms with Gasteiger partial charge in [-0.25, -0.2) is 13.2 Å². The fourth-order valence-corrected chi connectivity index (χ4v) is 5.73. The van der Waals surface area contributed by atoms with Crippen molar-refractivity contribution in [3.05, 3.63) is 98.3 Å². The number of halogens is 1. The van der Waals surface area contributed by atoms with Gasteiger partial charge in [-0.15, -0.1) is 0 Å². The van der Waals surface area contributed by atoms with Gasteiger partial charge in [0.1, 0.15) is 16.9 Å². The first-order chi connectivity index (χ1) is 17.9. The average Bonchev–Trinajstić information content (AvgIpc) is 3.19. The van der Waals surface area contributed by atoms with E-state index in [1.54, 1.807) is 13.8 Å². The second kappa shape index (κ2) is 10.3. The molecule has 3 aromatic carbocycles. The lowest BCUT2D eigenvalue weighted by molar-refractivity contribution is -0.385. The van der Waals surface area contributed by atoms with Crippen molar-refractivity contribution in [2.45, 2.75) is 25.7 Å².